The summed E-state index contributed by atoms with van der Waals surface area (Å²) in [5, 5.41) is 0. The van der Waals surface area contributed by atoms with E-state index in [1.54, 1.807) is 18.5 Å². The Hall–Kier alpha value is -2.43. The summed E-state index contributed by atoms with van der Waals surface area (Å²) in [4.78, 5) is 34.5. The summed E-state index contributed by atoms with van der Waals surface area (Å²) in [5.41, 5.74) is 2.05. The second kappa shape index (κ2) is 6.82. The maximum atomic E-state index is 13.1. The molecule has 2 aromatic heterocycles. The zero-order valence-electron chi connectivity index (χ0n) is 14.3. The number of pyridine rings is 2. The van der Waals surface area contributed by atoms with E-state index in [9.17, 15) is 9.59 Å². The van der Waals surface area contributed by atoms with Gasteiger partial charge in [0.25, 0.3) is 11.5 Å². The first-order valence-electron chi connectivity index (χ1n) is 9.18. The SMILES string of the molecule is O=C(c1ccc(C2CC2)[nH]c1=O)N1CCCCCC1c1ccncc1. The van der Waals surface area contributed by atoms with Crippen LogP contribution in [0.3, 0.4) is 0 Å². The average molecular weight is 337 g/mol. The van der Waals surface area contributed by atoms with E-state index in [-0.39, 0.29) is 23.1 Å². The molecule has 3 heterocycles. The van der Waals surface area contributed by atoms with Crippen molar-refractivity contribution in [1.29, 1.82) is 0 Å². The molecule has 130 valence electrons. The predicted molar refractivity (Wildman–Crippen MR) is 95.5 cm³/mol. The van der Waals surface area contributed by atoms with Gasteiger partial charge >= 0.3 is 0 Å². The molecular weight excluding hydrogens is 314 g/mol. The standard InChI is InChI=1S/C20H23N3O2/c24-19-16(7-8-17(22-19)14-5-6-14)20(25)23-13-3-1-2-4-18(23)15-9-11-21-12-10-15/h7-12,14,18H,1-6,13H2,(H,22,24). The Morgan fingerprint density at radius 3 is 2.56 bits per heavy atom. The third-order valence-electron chi connectivity index (χ3n) is 5.28. The molecule has 0 radical (unpaired) electrons. The molecule has 1 saturated carbocycles. The van der Waals surface area contributed by atoms with E-state index in [1.807, 2.05) is 23.1 Å². The molecule has 0 aromatic carbocycles. The molecule has 2 aliphatic rings. The van der Waals surface area contributed by atoms with Gasteiger partial charge in [0.2, 0.25) is 0 Å². The van der Waals surface area contributed by atoms with Crippen LogP contribution in [0.5, 0.6) is 0 Å². The van der Waals surface area contributed by atoms with Crippen LogP contribution in [0.2, 0.25) is 0 Å². The van der Waals surface area contributed by atoms with Crippen molar-refractivity contribution >= 4 is 5.91 Å². The molecule has 0 bridgehead atoms. The number of aromatic amines is 1. The van der Waals surface area contributed by atoms with E-state index in [4.69, 9.17) is 0 Å². The molecule has 4 rings (SSSR count). The fourth-order valence-electron chi connectivity index (χ4n) is 3.73. The molecule has 1 aliphatic heterocycles. The minimum absolute atomic E-state index is 0.0144. The van der Waals surface area contributed by atoms with Crippen molar-refractivity contribution in [2.24, 2.45) is 0 Å². The predicted octanol–water partition coefficient (Wildman–Crippen LogP) is 3.40. The zero-order chi connectivity index (χ0) is 17.2. The lowest BCUT2D eigenvalue weighted by Gasteiger charge is -2.30. The molecule has 2 aromatic rings. The fourth-order valence-corrected chi connectivity index (χ4v) is 3.73. The van der Waals surface area contributed by atoms with Crippen molar-refractivity contribution < 1.29 is 4.79 Å². The van der Waals surface area contributed by atoms with Crippen LogP contribution in [-0.2, 0) is 0 Å². The van der Waals surface area contributed by atoms with Gasteiger partial charge in [-0.05, 0) is 61.4 Å². The zero-order valence-corrected chi connectivity index (χ0v) is 14.3. The number of amides is 1. The number of carbonyl (C=O) groups excluding carboxylic acids is 1. The lowest BCUT2D eigenvalue weighted by Crippen LogP contribution is -2.37. The highest BCUT2D eigenvalue weighted by atomic mass is 16.2. The second-order valence-corrected chi connectivity index (χ2v) is 7.07. The first-order chi connectivity index (χ1) is 12.2. The highest BCUT2D eigenvalue weighted by Crippen LogP contribution is 2.38. The smallest absolute Gasteiger partial charge is 0.261 e. The molecule has 1 N–H and O–H groups in total. The minimum atomic E-state index is -0.257. The Kier molecular flexibility index (Phi) is 4.38. The summed E-state index contributed by atoms with van der Waals surface area (Å²) in [5.74, 6) is 0.312. The van der Waals surface area contributed by atoms with Crippen molar-refractivity contribution in [3.05, 3.63) is 63.8 Å². The summed E-state index contributed by atoms with van der Waals surface area (Å²) < 4.78 is 0. The molecule has 25 heavy (non-hydrogen) atoms. The van der Waals surface area contributed by atoms with E-state index in [2.05, 4.69) is 9.97 Å². The van der Waals surface area contributed by atoms with Gasteiger partial charge in [-0.3, -0.25) is 14.6 Å². The molecule has 1 amide bonds. The molecule has 5 heteroatoms. The van der Waals surface area contributed by atoms with Crippen LogP contribution in [0.15, 0.2) is 41.5 Å². The van der Waals surface area contributed by atoms with Crippen LogP contribution < -0.4 is 5.56 Å². The fraction of sp³-hybridized carbons (Fsp3) is 0.450. The molecule has 1 atom stereocenters. The van der Waals surface area contributed by atoms with Crippen LogP contribution in [0.25, 0.3) is 0 Å². The van der Waals surface area contributed by atoms with Gasteiger partial charge in [0.05, 0.1) is 6.04 Å². The number of hydrogen-bond acceptors (Lipinski definition) is 3. The van der Waals surface area contributed by atoms with Gasteiger partial charge in [0.1, 0.15) is 5.56 Å². The highest BCUT2D eigenvalue weighted by molar-refractivity contribution is 5.94. The van der Waals surface area contributed by atoms with Crippen LogP contribution in [0.1, 0.15) is 72.1 Å². The quantitative estimate of drug-likeness (QED) is 0.933. The monoisotopic (exact) mass is 337 g/mol. The number of nitrogens with one attached hydrogen (secondary N) is 1. The third kappa shape index (κ3) is 3.36. The maximum absolute atomic E-state index is 13.1. The van der Waals surface area contributed by atoms with Crippen molar-refractivity contribution in [3.63, 3.8) is 0 Å². The lowest BCUT2D eigenvalue weighted by atomic mass is 10.0. The van der Waals surface area contributed by atoms with Crippen molar-refractivity contribution in [2.75, 3.05) is 6.54 Å². The van der Waals surface area contributed by atoms with Gasteiger partial charge in [-0.1, -0.05) is 12.8 Å². The van der Waals surface area contributed by atoms with Gasteiger partial charge in [-0.2, -0.15) is 0 Å². The van der Waals surface area contributed by atoms with Crippen LogP contribution in [0, 0.1) is 0 Å². The van der Waals surface area contributed by atoms with Crippen LogP contribution >= 0.6 is 0 Å². The Morgan fingerprint density at radius 1 is 1.04 bits per heavy atom. The first kappa shape index (κ1) is 16.1. The van der Waals surface area contributed by atoms with Gasteiger partial charge in [-0.15, -0.1) is 0 Å². The number of rotatable bonds is 3. The summed E-state index contributed by atoms with van der Waals surface area (Å²) in [6, 6.07) is 7.57. The first-order valence-corrected chi connectivity index (χ1v) is 9.18. The number of hydrogen-bond donors (Lipinski definition) is 1. The summed E-state index contributed by atoms with van der Waals surface area (Å²) in [6.07, 6.45) is 9.88. The molecule has 1 aliphatic carbocycles. The third-order valence-corrected chi connectivity index (χ3v) is 5.28. The summed E-state index contributed by atoms with van der Waals surface area (Å²) >= 11 is 0. The normalized spacial score (nSPS) is 21.0. The molecule has 1 unspecified atom stereocenters. The molecule has 2 fully saturated rings. The number of nitrogens with zero attached hydrogens (tertiary/aromatic N) is 2. The van der Waals surface area contributed by atoms with E-state index in [1.165, 1.54) is 0 Å². The second-order valence-electron chi connectivity index (χ2n) is 7.07. The number of H-pyrrole nitrogens is 1. The Labute approximate surface area is 147 Å². The molecule has 1 saturated heterocycles. The Balaban J connectivity index is 1.65. The van der Waals surface area contributed by atoms with E-state index < -0.39 is 0 Å². The molecular formula is C20H23N3O2. The minimum Gasteiger partial charge on any atom is -0.331 e. The van der Waals surface area contributed by atoms with Crippen LogP contribution in [0.4, 0.5) is 0 Å². The van der Waals surface area contributed by atoms with E-state index in [0.717, 1.165) is 49.8 Å². The lowest BCUT2D eigenvalue weighted by molar-refractivity contribution is 0.0679. The largest absolute Gasteiger partial charge is 0.331 e. The van der Waals surface area contributed by atoms with Gasteiger partial charge in [-0.25, -0.2) is 0 Å². The molecule has 0 spiro atoms. The highest BCUT2D eigenvalue weighted by Gasteiger charge is 2.30. The number of likely N-dealkylation sites (tertiary alicyclic amines) is 1. The average Bonchev–Trinajstić information content (AvgIpc) is 3.48. The van der Waals surface area contributed by atoms with Crippen molar-refractivity contribution in [2.45, 2.75) is 50.5 Å². The maximum Gasteiger partial charge on any atom is 0.261 e. The number of aromatic nitrogens is 2. The van der Waals surface area contributed by atoms with Gasteiger partial charge in [0.15, 0.2) is 0 Å². The van der Waals surface area contributed by atoms with E-state index >= 15 is 0 Å². The van der Waals surface area contributed by atoms with E-state index in [0.29, 0.717) is 12.5 Å². The van der Waals surface area contributed by atoms with Crippen molar-refractivity contribution in [3.8, 4) is 0 Å². The Bertz CT molecular complexity index is 811. The summed E-state index contributed by atoms with van der Waals surface area (Å²) in [7, 11) is 0. The van der Waals surface area contributed by atoms with Crippen LogP contribution in [-0.4, -0.2) is 27.3 Å². The summed E-state index contributed by atoms with van der Waals surface area (Å²) in [6.45, 7) is 0.690. The van der Waals surface area contributed by atoms with Crippen molar-refractivity contribution in [1.82, 2.24) is 14.9 Å². The van der Waals surface area contributed by atoms with Gasteiger partial charge < -0.3 is 9.88 Å². The molecule has 5 nitrogen and oxygen atoms in total. The number of carbonyl (C=O) groups is 1. The Morgan fingerprint density at radius 2 is 1.84 bits per heavy atom. The topological polar surface area (TPSA) is 66.1 Å². The van der Waals surface area contributed by atoms with Gasteiger partial charge in [0, 0.05) is 24.6 Å².